The lowest BCUT2D eigenvalue weighted by atomic mass is 9.85. The Balaban J connectivity index is 1.53. The van der Waals surface area contributed by atoms with Gasteiger partial charge < -0.3 is 0 Å². The average Bonchev–Trinajstić information content (AvgIpc) is 3.28. The zero-order chi connectivity index (χ0) is 18.0. The Morgan fingerprint density at radius 2 is 1.46 bits per heavy atom. The third-order valence-corrected chi connectivity index (χ3v) is 7.03. The maximum atomic E-state index is 13.3. The summed E-state index contributed by atoms with van der Waals surface area (Å²) in [4.78, 5) is 28.0. The van der Waals surface area contributed by atoms with Crippen LogP contribution in [0.1, 0.15) is 43.2 Å². The number of fused-ring (bicyclic) bond motifs is 5. The van der Waals surface area contributed by atoms with E-state index in [4.69, 9.17) is 0 Å². The summed E-state index contributed by atoms with van der Waals surface area (Å²) in [6, 6.07) is 5.89. The molecule has 1 aromatic rings. The van der Waals surface area contributed by atoms with Crippen molar-refractivity contribution >= 4 is 17.5 Å². The molecule has 0 N–H and O–H groups in total. The summed E-state index contributed by atoms with van der Waals surface area (Å²) < 4.78 is 0. The first-order chi connectivity index (χ1) is 12.6. The van der Waals surface area contributed by atoms with Crippen LogP contribution in [0, 0.1) is 37.5 Å². The van der Waals surface area contributed by atoms with E-state index >= 15 is 0 Å². The molecular weight excluding hydrogens is 322 g/mol. The number of aryl methyl sites for hydroxylation is 2. The summed E-state index contributed by atoms with van der Waals surface area (Å²) in [7, 11) is 0. The molecule has 3 heteroatoms. The van der Waals surface area contributed by atoms with E-state index in [2.05, 4.69) is 12.2 Å². The minimum Gasteiger partial charge on any atom is -0.274 e. The van der Waals surface area contributed by atoms with E-state index in [0.717, 1.165) is 24.1 Å². The second-order valence-corrected chi connectivity index (χ2v) is 8.39. The molecule has 134 valence electrons. The van der Waals surface area contributed by atoms with Crippen LogP contribution >= 0.6 is 0 Å². The lowest BCUT2D eigenvalue weighted by Crippen LogP contribution is -2.33. The van der Waals surface area contributed by atoms with Crippen LogP contribution in [-0.4, -0.2) is 11.8 Å². The quantitative estimate of drug-likeness (QED) is 0.555. The molecule has 0 aromatic heterocycles. The van der Waals surface area contributed by atoms with Gasteiger partial charge in [0, 0.05) is 11.8 Å². The first-order valence-electron chi connectivity index (χ1n) is 9.93. The van der Waals surface area contributed by atoms with Crippen LogP contribution < -0.4 is 4.90 Å². The fourth-order valence-electron chi connectivity index (χ4n) is 5.62. The summed E-state index contributed by atoms with van der Waals surface area (Å²) in [5, 5.41) is 0. The standard InChI is InChI=1S/C23H25NO2/c1-13-8-9-16(12-14(13)2)24-22(25)20-17-10-11-18(21(20)23(24)26)19(17)15-6-4-3-5-7-15/h8-12,17-18,20-21H,3-7H2,1-2H3/t17-,18-,20+,21+/m0/s1. The third kappa shape index (κ3) is 2.06. The van der Waals surface area contributed by atoms with Crippen molar-refractivity contribution < 1.29 is 9.59 Å². The van der Waals surface area contributed by atoms with Gasteiger partial charge in [-0.2, -0.15) is 0 Å². The molecule has 2 amide bonds. The minimum atomic E-state index is -0.177. The highest BCUT2D eigenvalue weighted by Gasteiger charge is 2.62. The van der Waals surface area contributed by atoms with Crippen LogP contribution in [0.15, 0.2) is 41.5 Å². The van der Waals surface area contributed by atoms with Gasteiger partial charge in [0.05, 0.1) is 17.5 Å². The van der Waals surface area contributed by atoms with E-state index in [1.165, 1.54) is 35.3 Å². The number of amides is 2. The monoisotopic (exact) mass is 347 g/mol. The summed E-state index contributed by atoms with van der Waals surface area (Å²) in [6.45, 7) is 4.08. The molecule has 4 atom stereocenters. The van der Waals surface area contributed by atoms with E-state index in [-0.39, 0.29) is 35.5 Å². The molecular formula is C23H25NO2. The van der Waals surface area contributed by atoms with Crippen molar-refractivity contribution in [2.75, 3.05) is 4.90 Å². The van der Waals surface area contributed by atoms with E-state index in [9.17, 15) is 9.59 Å². The van der Waals surface area contributed by atoms with Crippen LogP contribution in [0.4, 0.5) is 5.69 Å². The molecule has 4 aliphatic rings. The fraction of sp³-hybridized carbons (Fsp3) is 0.478. The van der Waals surface area contributed by atoms with Crippen LogP contribution in [0.5, 0.6) is 0 Å². The molecule has 26 heavy (non-hydrogen) atoms. The Morgan fingerprint density at radius 3 is 2.04 bits per heavy atom. The van der Waals surface area contributed by atoms with Gasteiger partial charge >= 0.3 is 0 Å². The van der Waals surface area contributed by atoms with Gasteiger partial charge in [-0.3, -0.25) is 9.59 Å². The molecule has 0 unspecified atom stereocenters. The number of anilines is 1. The number of carbonyl (C=O) groups excluding carboxylic acids is 2. The van der Waals surface area contributed by atoms with Gasteiger partial charge in [0.25, 0.3) is 0 Å². The molecule has 3 fully saturated rings. The van der Waals surface area contributed by atoms with Crippen molar-refractivity contribution in [2.45, 2.75) is 46.0 Å². The molecule has 1 saturated heterocycles. The van der Waals surface area contributed by atoms with Gasteiger partial charge in [-0.25, -0.2) is 4.90 Å². The van der Waals surface area contributed by atoms with Gasteiger partial charge in [-0.05, 0) is 62.8 Å². The van der Waals surface area contributed by atoms with E-state index < -0.39 is 0 Å². The number of hydrogen-bond acceptors (Lipinski definition) is 2. The van der Waals surface area contributed by atoms with Crippen LogP contribution in [0.2, 0.25) is 0 Å². The van der Waals surface area contributed by atoms with Crippen molar-refractivity contribution in [3.05, 3.63) is 52.6 Å². The molecule has 1 heterocycles. The maximum absolute atomic E-state index is 13.3. The normalized spacial score (nSPS) is 32.8. The van der Waals surface area contributed by atoms with Crippen molar-refractivity contribution in [3.63, 3.8) is 0 Å². The van der Waals surface area contributed by atoms with E-state index in [1.54, 1.807) is 5.57 Å². The second-order valence-electron chi connectivity index (χ2n) is 8.39. The van der Waals surface area contributed by atoms with Crippen molar-refractivity contribution in [1.82, 2.24) is 0 Å². The molecule has 1 aliphatic heterocycles. The summed E-state index contributed by atoms with van der Waals surface area (Å²) >= 11 is 0. The van der Waals surface area contributed by atoms with Gasteiger partial charge in [-0.15, -0.1) is 0 Å². The lowest BCUT2D eigenvalue weighted by molar-refractivity contribution is -0.122. The first-order valence-corrected chi connectivity index (χ1v) is 9.93. The van der Waals surface area contributed by atoms with Crippen molar-refractivity contribution in [3.8, 4) is 0 Å². The Labute approximate surface area is 154 Å². The molecule has 0 radical (unpaired) electrons. The van der Waals surface area contributed by atoms with Crippen LogP contribution in [0.25, 0.3) is 0 Å². The smallest absolute Gasteiger partial charge is 0.238 e. The molecule has 2 saturated carbocycles. The maximum Gasteiger partial charge on any atom is 0.238 e. The number of carbonyl (C=O) groups is 2. The predicted molar refractivity (Wildman–Crippen MR) is 102 cm³/mol. The van der Waals surface area contributed by atoms with Crippen LogP contribution in [0.3, 0.4) is 0 Å². The summed E-state index contributed by atoms with van der Waals surface area (Å²) in [6.07, 6.45) is 10.6. The Hall–Kier alpha value is -2.16. The fourth-order valence-corrected chi connectivity index (χ4v) is 5.62. The number of hydrogen-bond donors (Lipinski definition) is 0. The lowest BCUT2D eigenvalue weighted by Gasteiger charge is -2.23. The zero-order valence-corrected chi connectivity index (χ0v) is 15.5. The molecule has 0 spiro atoms. The Kier molecular flexibility index (Phi) is 3.50. The third-order valence-electron chi connectivity index (χ3n) is 7.03. The highest BCUT2D eigenvalue weighted by atomic mass is 16.2. The SMILES string of the molecule is Cc1ccc(N2C(=O)[C@H]3[C@H](C2=O)[C@H]2C=C[C@H]3C2=C2CCCCC2)cc1C. The number of rotatable bonds is 1. The topological polar surface area (TPSA) is 37.4 Å². The molecule has 2 bridgehead atoms. The van der Waals surface area contributed by atoms with Gasteiger partial charge in [0.1, 0.15) is 0 Å². The minimum absolute atomic E-state index is 0.00834. The number of nitrogens with zero attached hydrogens (tertiary/aromatic N) is 1. The van der Waals surface area contributed by atoms with Gasteiger partial charge in [0.15, 0.2) is 0 Å². The molecule has 3 aliphatic carbocycles. The average molecular weight is 347 g/mol. The number of allylic oxidation sites excluding steroid dienone is 4. The van der Waals surface area contributed by atoms with Gasteiger partial charge in [-0.1, -0.05) is 35.8 Å². The van der Waals surface area contributed by atoms with E-state index in [1.807, 2.05) is 32.0 Å². The van der Waals surface area contributed by atoms with Crippen molar-refractivity contribution in [2.24, 2.45) is 23.7 Å². The highest BCUT2D eigenvalue weighted by Crippen LogP contribution is 2.58. The zero-order valence-electron chi connectivity index (χ0n) is 15.5. The summed E-state index contributed by atoms with van der Waals surface area (Å²) in [5.74, 6) is -0.0210. The van der Waals surface area contributed by atoms with Crippen molar-refractivity contribution in [1.29, 1.82) is 0 Å². The molecule has 5 rings (SSSR count). The van der Waals surface area contributed by atoms with Gasteiger partial charge in [0.2, 0.25) is 11.8 Å². The van der Waals surface area contributed by atoms with E-state index in [0.29, 0.717) is 0 Å². The first kappa shape index (κ1) is 16.0. The highest BCUT2D eigenvalue weighted by molar-refractivity contribution is 6.23. The van der Waals surface area contributed by atoms with Crippen LogP contribution in [-0.2, 0) is 9.59 Å². The number of imide groups is 1. The Bertz CT molecular complexity index is 836. The summed E-state index contributed by atoms with van der Waals surface area (Å²) in [5.41, 5.74) is 6.01. The molecule has 1 aromatic carbocycles. The number of benzene rings is 1. The molecule has 3 nitrogen and oxygen atoms in total. The second kappa shape index (κ2) is 5.67. The predicted octanol–water partition coefficient (Wildman–Crippen LogP) is 4.49. The largest absolute Gasteiger partial charge is 0.274 e. The Morgan fingerprint density at radius 1 is 0.846 bits per heavy atom.